The molecule has 1 fully saturated rings. The molecule has 2 N–H and O–H groups in total. The van der Waals surface area contributed by atoms with Crippen LogP contribution in [0.2, 0.25) is 0 Å². The van der Waals surface area contributed by atoms with Gasteiger partial charge in [-0.15, -0.1) is 0 Å². The molecule has 21 heavy (non-hydrogen) atoms. The molecular weight excluding hydrogens is 266 g/mol. The van der Waals surface area contributed by atoms with Crippen molar-refractivity contribution < 1.29 is 9.90 Å². The van der Waals surface area contributed by atoms with E-state index in [4.69, 9.17) is 0 Å². The van der Waals surface area contributed by atoms with Crippen molar-refractivity contribution in [3.05, 3.63) is 23.9 Å². The number of aromatic nitrogens is 1. The van der Waals surface area contributed by atoms with Gasteiger partial charge in [-0.3, -0.25) is 4.79 Å². The topological polar surface area (TPSA) is 65.5 Å². The molecule has 1 aliphatic rings. The fraction of sp³-hybridized carbons (Fsp3) is 0.625. The van der Waals surface area contributed by atoms with Crippen molar-refractivity contribution >= 4 is 11.7 Å². The van der Waals surface area contributed by atoms with Crippen molar-refractivity contribution in [2.24, 2.45) is 0 Å². The average Bonchev–Trinajstić information content (AvgIpc) is 2.66. The van der Waals surface area contributed by atoms with E-state index in [1.54, 1.807) is 6.20 Å². The number of carbonyl (C=O) groups excluding carboxylic acids is 1. The summed E-state index contributed by atoms with van der Waals surface area (Å²) in [6.07, 6.45) is 4.87. The van der Waals surface area contributed by atoms with Crippen molar-refractivity contribution in [3.63, 3.8) is 0 Å². The molecule has 0 bridgehead atoms. The Morgan fingerprint density at radius 3 is 2.90 bits per heavy atom. The van der Waals surface area contributed by atoms with Gasteiger partial charge in [-0.25, -0.2) is 4.98 Å². The second-order valence-electron chi connectivity index (χ2n) is 6.00. The van der Waals surface area contributed by atoms with Crippen molar-refractivity contribution in [2.75, 3.05) is 25.0 Å². The van der Waals surface area contributed by atoms with E-state index in [-0.39, 0.29) is 5.91 Å². The summed E-state index contributed by atoms with van der Waals surface area (Å²) < 4.78 is 0. The number of aliphatic hydroxyl groups is 1. The van der Waals surface area contributed by atoms with Crippen LogP contribution in [-0.4, -0.2) is 46.1 Å². The molecule has 0 aromatic carbocycles. The molecule has 5 nitrogen and oxygen atoms in total. The largest absolute Gasteiger partial charge is 0.390 e. The molecule has 1 aromatic rings. The van der Waals surface area contributed by atoms with Gasteiger partial charge in [0.1, 0.15) is 5.82 Å². The lowest BCUT2D eigenvalue weighted by Crippen LogP contribution is -2.33. The monoisotopic (exact) mass is 291 g/mol. The molecule has 1 aromatic heterocycles. The van der Waals surface area contributed by atoms with Crippen LogP contribution in [0.15, 0.2) is 18.3 Å². The van der Waals surface area contributed by atoms with Gasteiger partial charge in [0.15, 0.2) is 0 Å². The van der Waals surface area contributed by atoms with Gasteiger partial charge in [-0.2, -0.15) is 0 Å². The minimum Gasteiger partial charge on any atom is -0.390 e. The molecule has 5 heteroatoms. The molecule has 0 spiro atoms. The lowest BCUT2D eigenvalue weighted by molar-refractivity contribution is 0.0438. The summed E-state index contributed by atoms with van der Waals surface area (Å²) in [6, 6.07) is 3.66. The fourth-order valence-electron chi connectivity index (χ4n) is 2.53. The summed E-state index contributed by atoms with van der Waals surface area (Å²) in [5.74, 6) is 0.800. The number of likely N-dealkylation sites (tertiary alicyclic amines) is 1. The zero-order valence-corrected chi connectivity index (χ0v) is 12.9. The zero-order valence-electron chi connectivity index (χ0n) is 12.9. The maximum atomic E-state index is 12.5. The second kappa shape index (κ2) is 6.89. The number of hydrogen-bond donors (Lipinski definition) is 2. The third-order valence-electron chi connectivity index (χ3n) is 3.92. The maximum absolute atomic E-state index is 12.5. The van der Waals surface area contributed by atoms with Crippen LogP contribution >= 0.6 is 0 Å². The standard InChI is InChI=1S/C16H25N3O2/c1-3-9-17-14-6-5-13(12-18-14)15(20)19-10-4-7-16(2,21)8-11-19/h5-6,12,21H,3-4,7-11H2,1-2H3,(H,17,18). The summed E-state index contributed by atoms with van der Waals surface area (Å²) in [5.41, 5.74) is -0.0418. The Labute approximate surface area is 126 Å². The van der Waals surface area contributed by atoms with E-state index in [1.165, 1.54) is 0 Å². The molecule has 1 unspecified atom stereocenters. The first-order valence-corrected chi connectivity index (χ1v) is 7.73. The van der Waals surface area contributed by atoms with Crippen LogP contribution in [0.1, 0.15) is 49.9 Å². The molecule has 1 atom stereocenters. The Morgan fingerprint density at radius 2 is 2.24 bits per heavy atom. The van der Waals surface area contributed by atoms with Crippen molar-refractivity contribution in [3.8, 4) is 0 Å². The minimum atomic E-state index is -0.652. The van der Waals surface area contributed by atoms with Crippen LogP contribution in [0.3, 0.4) is 0 Å². The van der Waals surface area contributed by atoms with Crippen molar-refractivity contribution in [1.29, 1.82) is 0 Å². The number of carbonyl (C=O) groups is 1. The Bertz CT molecular complexity index is 471. The van der Waals surface area contributed by atoms with E-state index in [9.17, 15) is 9.90 Å². The molecule has 1 aliphatic heterocycles. The van der Waals surface area contributed by atoms with Gasteiger partial charge in [0.05, 0.1) is 11.2 Å². The first-order chi connectivity index (χ1) is 10.0. The van der Waals surface area contributed by atoms with E-state index >= 15 is 0 Å². The molecule has 0 radical (unpaired) electrons. The number of amides is 1. The number of pyridine rings is 1. The van der Waals surface area contributed by atoms with Crippen LogP contribution in [0.25, 0.3) is 0 Å². The zero-order chi connectivity index (χ0) is 15.3. The summed E-state index contributed by atoms with van der Waals surface area (Å²) in [4.78, 5) is 18.6. The molecule has 1 amide bonds. The van der Waals surface area contributed by atoms with E-state index in [2.05, 4.69) is 17.2 Å². The Hall–Kier alpha value is -1.62. The number of rotatable bonds is 4. The van der Waals surface area contributed by atoms with Gasteiger partial charge in [0.2, 0.25) is 0 Å². The Balaban J connectivity index is 1.99. The van der Waals surface area contributed by atoms with Crippen LogP contribution < -0.4 is 5.32 Å². The molecule has 116 valence electrons. The van der Waals surface area contributed by atoms with Crippen LogP contribution in [-0.2, 0) is 0 Å². The third-order valence-corrected chi connectivity index (χ3v) is 3.92. The van der Waals surface area contributed by atoms with Gasteiger partial charge in [0, 0.05) is 25.8 Å². The van der Waals surface area contributed by atoms with Crippen LogP contribution in [0.4, 0.5) is 5.82 Å². The molecular formula is C16H25N3O2. The summed E-state index contributed by atoms with van der Waals surface area (Å²) in [7, 11) is 0. The lowest BCUT2D eigenvalue weighted by Gasteiger charge is -2.22. The van der Waals surface area contributed by atoms with Gasteiger partial charge in [0.25, 0.3) is 5.91 Å². The van der Waals surface area contributed by atoms with Gasteiger partial charge >= 0.3 is 0 Å². The van der Waals surface area contributed by atoms with E-state index < -0.39 is 5.60 Å². The van der Waals surface area contributed by atoms with Crippen LogP contribution in [0.5, 0.6) is 0 Å². The first-order valence-electron chi connectivity index (χ1n) is 7.73. The molecule has 0 aliphatic carbocycles. The Morgan fingerprint density at radius 1 is 1.43 bits per heavy atom. The highest BCUT2D eigenvalue weighted by molar-refractivity contribution is 5.94. The predicted octanol–water partition coefficient (Wildman–Crippen LogP) is 2.28. The van der Waals surface area contributed by atoms with Gasteiger partial charge < -0.3 is 15.3 Å². The molecule has 2 rings (SSSR count). The highest BCUT2D eigenvalue weighted by Crippen LogP contribution is 2.22. The predicted molar refractivity (Wildman–Crippen MR) is 83.4 cm³/mol. The van der Waals surface area contributed by atoms with Crippen molar-refractivity contribution in [2.45, 2.75) is 45.1 Å². The molecule has 2 heterocycles. The first kappa shape index (κ1) is 15.8. The molecule has 0 saturated carbocycles. The van der Waals surface area contributed by atoms with Gasteiger partial charge in [-0.05, 0) is 44.7 Å². The summed E-state index contributed by atoms with van der Waals surface area (Å²) >= 11 is 0. The van der Waals surface area contributed by atoms with E-state index in [1.807, 2.05) is 24.0 Å². The van der Waals surface area contributed by atoms with Crippen molar-refractivity contribution in [1.82, 2.24) is 9.88 Å². The SMILES string of the molecule is CCCNc1ccc(C(=O)N2CCCC(C)(O)CC2)cn1. The lowest BCUT2D eigenvalue weighted by atomic mass is 9.98. The van der Waals surface area contributed by atoms with E-state index in [0.717, 1.165) is 31.6 Å². The minimum absolute atomic E-state index is 0.00208. The van der Waals surface area contributed by atoms with Crippen LogP contribution in [0, 0.1) is 0 Å². The van der Waals surface area contributed by atoms with E-state index in [0.29, 0.717) is 25.1 Å². The maximum Gasteiger partial charge on any atom is 0.255 e. The smallest absolute Gasteiger partial charge is 0.255 e. The fourth-order valence-corrected chi connectivity index (χ4v) is 2.53. The highest BCUT2D eigenvalue weighted by atomic mass is 16.3. The quantitative estimate of drug-likeness (QED) is 0.893. The number of nitrogens with zero attached hydrogens (tertiary/aromatic N) is 2. The van der Waals surface area contributed by atoms with Gasteiger partial charge in [-0.1, -0.05) is 6.92 Å². The Kier molecular flexibility index (Phi) is 5.17. The molecule has 1 saturated heterocycles. The number of anilines is 1. The summed E-state index contributed by atoms with van der Waals surface area (Å²) in [6.45, 7) is 6.11. The number of nitrogens with one attached hydrogen (secondary N) is 1. The highest BCUT2D eigenvalue weighted by Gasteiger charge is 2.27. The average molecular weight is 291 g/mol. The number of hydrogen-bond acceptors (Lipinski definition) is 4. The normalized spacial score (nSPS) is 22.7. The second-order valence-corrected chi connectivity index (χ2v) is 6.00. The summed E-state index contributed by atoms with van der Waals surface area (Å²) in [5, 5.41) is 13.3. The third kappa shape index (κ3) is 4.43.